The Morgan fingerprint density at radius 1 is 1.05 bits per heavy atom. The lowest BCUT2D eigenvalue weighted by Gasteiger charge is -2.33. The summed E-state index contributed by atoms with van der Waals surface area (Å²) in [5.74, 6) is -0.172. The molecule has 1 unspecified atom stereocenters. The molecule has 39 heavy (non-hydrogen) atoms. The number of nitrogens with zero attached hydrogens (tertiary/aromatic N) is 2. The number of carbonyl (C=O) groups is 2. The number of benzene rings is 3. The van der Waals surface area contributed by atoms with Crippen molar-refractivity contribution < 1.29 is 22.7 Å². The third kappa shape index (κ3) is 6.78. The van der Waals surface area contributed by atoms with E-state index in [0.29, 0.717) is 46.6 Å². The third-order valence-electron chi connectivity index (χ3n) is 6.28. The second-order valence-corrected chi connectivity index (χ2v) is 11.9. The van der Waals surface area contributed by atoms with E-state index in [1.165, 1.54) is 19.2 Å². The van der Waals surface area contributed by atoms with Crippen molar-refractivity contribution in [2.45, 2.75) is 30.2 Å². The number of nitrogens with one attached hydrogen (secondary N) is 1. The van der Waals surface area contributed by atoms with Gasteiger partial charge in [0.05, 0.1) is 27.7 Å². The van der Waals surface area contributed by atoms with E-state index in [2.05, 4.69) is 5.32 Å². The monoisotopic (exact) mass is 609 g/mol. The number of hydrogen-bond donors (Lipinski definition) is 1. The summed E-state index contributed by atoms with van der Waals surface area (Å²) < 4.78 is 33.5. The minimum atomic E-state index is -4.06. The Morgan fingerprint density at radius 3 is 2.46 bits per heavy atom. The van der Waals surface area contributed by atoms with Crippen molar-refractivity contribution in [1.29, 1.82) is 0 Å². The van der Waals surface area contributed by atoms with Crippen molar-refractivity contribution in [3.05, 3.63) is 81.8 Å². The highest BCUT2D eigenvalue weighted by molar-refractivity contribution is 7.92. The number of anilines is 2. The predicted octanol–water partition coefficient (Wildman–Crippen LogP) is 5.55. The van der Waals surface area contributed by atoms with Crippen LogP contribution in [-0.2, 0) is 19.6 Å². The van der Waals surface area contributed by atoms with Crippen LogP contribution in [0.5, 0.6) is 5.75 Å². The number of carbonyl (C=O) groups excluding carboxylic acids is 2. The van der Waals surface area contributed by atoms with Crippen LogP contribution in [0.1, 0.15) is 19.3 Å². The van der Waals surface area contributed by atoms with Crippen molar-refractivity contribution >= 4 is 68.0 Å². The molecule has 1 aliphatic heterocycles. The van der Waals surface area contributed by atoms with Crippen molar-refractivity contribution in [2.24, 2.45) is 0 Å². The molecule has 1 saturated heterocycles. The van der Waals surface area contributed by atoms with Gasteiger partial charge < -0.3 is 15.0 Å². The van der Waals surface area contributed by atoms with Gasteiger partial charge in [0.25, 0.3) is 10.0 Å². The summed E-state index contributed by atoms with van der Waals surface area (Å²) in [4.78, 5) is 27.7. The first-order valence-corrected chi connectivity index (χ1v) is 14.7. The molecule has 8 nitrogen and oxygen atoms in total. The zero-order valence-corrected chi connectivity index (χ0v) is 24.0. The van der Waals surface area contributed by atoms with E-state index < -0.39 is 22.0 Å². The summed E-state index contributed by atoms with van der Waals surface area (Å²) in [6.07, 6.45) is 0.950. The molecule has 3 aromatic carbocycles. The number of piperidine rings is 1. The van der Waals surface area contributed by atoms with Crippen LogP contribution in [0.15, 0.2) is 71.6 Å². The number of halogens is 3. The number of methoxy groups -OCH3 is 1. The van der Waals surface area contributed by atoms with E-state index in [1.807, 2.05) is 0 Å². The summed E-state index contributed by atoms with van der Waals surface area (Å²) in [7, 11) is -2.55. The lowest BCUT2D eigenvalue weighted by atomic mass is 10.0. The summed E-state index contributed by atoms with van der Waals surface area (Å²) in [6, 6.07) is 16.5. The van der Waals surface area contributed by atoms with Crippen molar-refractivity contribution in [2.75, 3.05) is 29.4 Å². The lowest BCUT2D eigenvalue weighted by molar-refractivity contribution is -0.128. The predicted molar refractivity (Wildman–Crippen MR) is 154 cm³/mol. The van der Waals surface area contributed by atoms with Crippen LogP contribution in [0, 0.1) is 0 Å². The normalized spacial score (nSPS) is 15.6. The van der Waals surface area contributed by atoms with Gasteiger partial charge in [-0.05, 0) is 73.5 Å². The number of hydrogen-bond acceptors (Lipinski definition) is 5. The molecule has 0 aliphatic carbocycles. The van der Waals surface area contributed by atoms with Gasteiger partial charge in [0, 0.05) is 30.2 Å². The fourth-order valence-corrected chi connectivity index (χ4v) is 6.34. The Balaban J connectivity index is 1.50. The van der Waals surface area contributed by atoms with E-state index in [9.17, 15) is 18.0 Å². The van der Waals surface area contributed by atoms with Gasteiger partial charge in [0.1, 0.15) is 11.8 Å². The molecule has 12 heteroatoms. The number of amides is 2. The Labute approximate surface area is 242 Å². The van der Waals surface area contributed by atoms with Crippen LogP contribution in [-0.4, -0.2) is 46.5 Å². The van der Waals surface area contributed by atoms with Gasteiger partial charge >= 0.3 is 0 Å². The maximum Gasteiger partial charge on any atom is 0.264 e. The van der Waals surface area contributed by atoms with Gasteiger partial charge in [0.2, 0.25) is 11.8 Å². The Morgan fingerprint density at radius 2 is 1.79 bits per heavy atom. The van der Waals surface area contributed by atoms with E-state index >= 15 is 0 Å². The molecular weight excluding hydrogens is 585 g/mol. The van der Waals surface area contributed by atoms with Gasteiger partial charge in [0.15, 0.2) is 0 Å². The highest BCUT2D eigenvalue weighted by Gasteiger charge is 2.32. The number of ether oxygens (including phenoxy) is 1. The fourth-order valence-electron chi connectivity index (χ4n) is 4.28. The van der Waals surface area contributed by atoms with E-state index in [4.69, 9.17) is 39.5 Å². The van der Waals surface area contributed by atoms with Crippen LogP contribution in [0.4, 0.5) is 11.4 Å². The molecule has 0 bridgehead atoms. The summed E-state index contributed by atoms with van der Waals surface area (Å²) in [5.41, 5.74) is 0.940. The Bertz CT molecular complexity index is 1470. The van der Waals surface area contributed by atoms with Crippen LogP contribution in [0.3, 0.4) is 0 Å². The van der Waals surface area contributed by atoms with Crippen LogP contribution in [0.25, 0.3) is 0 Å². The molecule has 1 aliphatic rings. The molecule has 0 saturated carbocycles. The van der Waals surface area contributed by atoms with Crippen LogP contribution < -0.4 is 19.3 Å². The molecule has 2 amide bonds. The van der Waals surface area contributed by atoms with Crippen LogP contribution >= 0.6 is 34.8 Å². The molecule has 1 fully saturated rings. The van der Waals surface area contributed by atoms with Crippen molar-refractivity contribution in [3.63, 3.8) is 0 Å². The number of rotatable bonds is 9. The molecule has 0 radical (unpaired) electrons. The summed E-state index contributed by atoms with van der Waals surface area (Å²) in [6.45, 7) is 0.316. The highest BCUT2D eigenvalue weighted by Crippen LogP contribution is 2.30. The first kappa shape index (κ1) is 29.0. The third-order valence-corrected chi connectivity index (χ3v) is 9.07. The molecule has 0 spiro atoms. The number of sulfonamides is 1. The molecular formula is C27H26Cl3N3O5S. The summed E-state index contributed by atoms with van der Waals surface area (Å²) in [5, 5.41) is 3.74. The Kier molecular flexibility index (Phi) is 9.27. The zero-order valence-electron chi connectivity index (χ0n) is 20.9. The average molecular weight is 611 g/mol. The van der Waals surface area contributed by atoms with Crippen molar-refractivity contribution in [1.82, 2.24) is 5.32 Å². The molecule has 3 aromatic rings. The maximum absolute atomic E-state index is 13.6. The quantitative estimate of drug-likeness (QED) is 0.343. The van der Waals surface area contributed by atoms with Gasteiger partial charge in [-0.1, -0.05) is 40.9 Å². The molecule has 206 valence electrons. The minimum Gasteiger partial charge on any atom is -0.497 e. The summed E-state index contributed by atoms with van der Waals surface area (Å²) >= 11 is 18.2. The lowest BCUT2D eigenvalue weighted by Crippen LogP contribution is -2.52. The maximum atomic E-state index is 13.6. The SMILES string of the molecule is COc1ccc(N(CCC(=O)NC2CCCN(c3ccc(Cl)c(Cl)c3)C2=O)S(=O)(=O)c2cccc(Cl)c2)cc1. The standard InChI is InChI=1S/C27H26Cl3N3O5S/c1-38-21-10-7-19(8-11-21)33(39(36,37)22-5-2-4-18(28)16-22)15-13-26(34)31-25-6-3-14-32(27(25)35)20-9-12-23(29)24(30)17-20/h2,4-5,7-12,16-17,25H,3,6,13-15H2,1H3,(H,31,34). The van der Waals surface area contributed by atoms with Gasteiger partial charge in [-0.25, -0.2) is 8.42 Å². The first-order valence-electron chi connectivity index (χ1n) is 12.1. The Hall–Kier alpha value is -2.98. The van der Waals surface area contributed by atoms with Crippen LogP contribution in [0.2, 0.25) is 15.1 Å². The molecule has 0 aromatic heterocycles. The molecule has 1 atom stereocenters. The van der Waals surface area contributed by atoms with Gasteiger partial charge in [-0.2, -0.15) is 0 Å². The zero-order chi connectivity index (χ0) is 28.2. The topological polar surface area (TPSA) is 96.0 Å². The van der Waals surface area contributed by atoms with Gasteiger partial charge in [-0.15, -0.1) is 0 Å². The van der Waals surface area contributed by atoms with Crippen molar-refractivity contribution in [3.8, 4) is 5.75 Å². The smallest absolute Gasteiger partial charge is 0.264 e. The highest BCUT2D eigenvalue weighted by atomic mass is 35.5. The largest absolute Gasteiger partial charge is 0.497 e. The average Bonchev–Trinajstić information content (AvgIpc) is 2.92. The second-order valence-electron chi connectivity index (χ2n) is 8.83. The molecule has 1 N–H and O–H groups in total. The first-order chi connectivity index (χ1) is 18.6. The fraction of sp³-hybridized carbons (Fsp3) is 0.259. The molecule has 4 rings (SSSR count). The van der Waals surface area contributed by atoms with Gasteiger partial charge in [-0.3, -0.25) is 13.9 Å². The second kappa shape index (κ2) is 12.5. The van der Waals surface area contributed by atoms with E-state index in [0.717, 1.165) is 4.31 Å². The van der Waals surface area contributed by atoms with E-state index in [1.54, 1.807) is 59.5 Å². The minimum absolute atomic E-state index is 0.00838. The molecule has 1 heterocycles. The van der Waals surface area contributed by atoms with E-state index in [-0.39, 0.29) is 28.8 Å².